The fourth-order valence-corrected chi connectivity index (χ4v) is 1.85. The van der Waals surface area contributed by atoms with Crippen LogP contribution < -0.4 is 0 Å². The summed E-state index contributed by atoms with van der Waals surface area (Å²) in [6.45, 7) is -0.248. The Hall–Kier alpha value is 0.0700. The van der Waals surface area contributed by atoms with Gasteiger partial charge in [-0.3, -0.25) is 4.79 Å². The molecule has 0 unspecified atom stereocenters. The Morgan fingerprint density at radius 3 is 2.50 bits per heavy atom. The second kappa shape index (κ2) is 2.98. The Morgan fingerprint density at radius 1 is 1.70 bits per heavy atom. The predicted molar refractivity (Wildman–Crippen MR) is 38.9 cm³/mol. The zero-order valence-electron chi connectivity index (χ0n) is 5.33. The summed E-state index contributed by atoms with van der Waals surface area (Å²) in [5, 5.41) is 17.7. The van der Waals surface area contributed by atoms with E-state index >= 15 is 0 Å². The van der Waals surface area contributed by atoms with Gasteiger partial charge in [-0.1, -0.05) is 15.9 Å². The summed E-state index contributed by atoms with van der Waals surface area (Å²) in [4.78, 5) is 10.7. The van der Waals surface area contributed by atoms with Gasteiger partial charge < -0.3 is 10.2 Å². The van der Waals surface area contributed by atoms with Crippen LogP contribution in [0.4, 0.5) is 0 Å². The maximum atomic E-state index is 11.0. The molecule has 4 heteroatoms. The molecule has 3 nitrogen and oxygen atoms in total. The first-order valence-electron chi connectivity index (χ1n) is 3.13. The number of Topliss-reactive ketones (excluding diaryl/α,β-unsaturated/α-hetero) is 1. The number of aliphatic hydroxyl groups is 2. The van der Waals surface area contributed by atoms with E-state index in [-0.39, 0.29) is 17.2 Å². The van der Waals surface area contributed by atoms with Gasteiger partial charge in [-0.05, 0) is 6.42 Å². The van der Waals surface area contributed by atoms with E-state index in [0.29, 0.717) is 6.42 Å². The van der Waals surface area contributed by atoms with Gasteiger partial charge in [0, 0.05) is 0 Å². The molecular formula is C6H9BrO3. The molecule has 2 N–H and O–H groups in total. The van der Waals surface area contributed by atoms with Crippen molar-refractivity contribution in [1.82, 2.24) is 0 Å². The number of carbonyl (C=O) groups excluding carboxylic acids is 1. The van der Waals surface area contributed by atoms with Crippen LogP contribution in [0.1, 0.15) is 6.42 Å². The monoisotopic (exact) mass is 208 g/mol. The normalized spacial score (nSPS) is 40.7. The third kappa shape index (κ3) is 1.24. The fraction of sp³-hybridized carbons (Fsp3) is 0.833. The van der Waals surface area contributed by atoms with Crippen molar-refractivity contribution in [1.29, 1.82) is 0 Å². The topological polar surface area (TPSA) is 57.5 Å². The van der Waals surface area contributed by atoms with Crippen molar-refractivity contribution in [3.05, 3.63) is 0 Å². The van der Waals surface area contributed by atoms with Crippen molar-refractivity contribution in [3.8, 4) is 0 Å². The van der Waals surface area contributed by atoms with E-state index in [2.05, 4.69) is 15.9 Å². The second-order valence-corrected chi connectivity index (χ2v) is 3.57. The highest BCUT2D eigenvalue weighted by Crippen LogP contribution is 2.27. The third-order valence-electron chi connectivity index (χ3n) is 1.78. The maximum absolute atomic E-state index is 11.0. The first-order valence-corrected chi connectivity index (χ1v) is 4.05. The van der Waals surface area contributed by atoms with Crippen LogP contribution >= 0.6 is 15.9 Å². The highest BCUT2D eigenvalue weighted by atomic mass is 79.9. The average Bonchev–Trinajstić information content (AvgIpc) is 2.09. The lowest BCUT2D eigenvalue weighted by molar-refractivity contribution is -0.122. The second-order valence-electron chi connectivity index (χ2n) is 2.46. The number of hydrogen-bond acceptors (Lipinski definition) is 3. The Kier molecular flexibility index (Phi) is 2.44. The van der Waals surface area contributed by atoms with Gasteiger partial charge in [0.1, 0.15) is 0 Å². The lowest BCUT2D eigenvalue weighted by atomic mass is 10.1. The van der Waals surface area contributed by atoms with Gasteiger partial charge in [0.2, 0.25) is 0 Å². The van der Waals surface area contributed by atoms with E-state index in [1.165, 1.54) is 0 Å². The molecular weight excluding hydrogens is 200 g/mol. The Balaban J connectivity index is 2.64. The van der Waals surface area contributed by atoms with E-state index in [0.717, 1.165) is 0 Å². The van der Waals surface area contributed by atoms with Crippen molar-refractivity contribution < 1.29 is 15.0 Å². The summed E-state index contributed by atoms with van der Waals surface area (Å²) in [5.41, 5.74) is 0. The molecule has 1 aliphatic rings. The third-order valence-corrected chi connectivity index (χ3v) is 2.61. The lowest BCUT2D eigenvalue weighted by Crippen LogP contribution is -2.23. The standard InChI is InChI=1S/C6H9BrO3/c7-4-1-5(9)3(2-8)6(4)10/h3-5,8-9H,1-2H2/t3-,4+,5+/m1/s1. The smallest absolute Gasteiger partial charge is 0.154 e. The van der Waals surface area contributed by atoms with E-state index in [1.54, 1.807) is 0 Å². The summed E-state index contributed by atoms with van der Waals surface area (Å²) in [6, 6.07) is 0. The van der Waals surface area contributed by atoms with Gasteiger partial charge >= 0.3 is 0 Å². The molecule has 0 heterocycles. The summed E-state index contributed by atoms with van der Waals surface area (Å²) in [7, 11) is 0. The molecule has 1 saturated carbocycles. The van der Waals surface area contributed by atoms with E-state index < -0.39 is 12.0 Å². The van der Waals surface area contributed by atoms with Crippen LogP contribution in [0.5, 0.6) is 0 Å². The molecule has 0 spiro atoms. The summed E-state index contributed by atoms with van der Waals surface area (Å²) < 4.78 is 0. The SMILES string of the molecule is O=C1[C@@H](Br)C[C@H](O)[C@H]1CO. The highest BCUT2D eigenvalue weighted by molar-refractivity contribution is 9.10. The van der Waals surface area contributed by atoms with Crippen LogP contribution in [0.3, 0.4) is 0 Å². The summed E-state index contributed by atoms with van der Waals surface area (Å²) >= 11 is 3.10. The lowest BCUT2D eigenvalue weighted by Gasteiger charge is -2.06. The number of carbonyl (C=O) groups is 1. The number of hydrogen-bond donors (Lipinski definition) is 2. The molecule has 0 amide bonds. The minimum absolute atomic E-state index is 0.0880. The minimum atomic E-state index is -0.665. The van der Waals surface area contributed by atoms with E-state index in [1.807, 2.05) is 0 Å². The van der Waals surface area contributed by atoms with Crippen molar-refractivity contribution in [2.75, 3.05) is 6.61 Å². The summed E-state index contributed by atoms with van der Waals surface area (Å²) in [5.74, 6) is -0.653. The number of ketones is 1. The van der Waals surface area contributed by atoms with Crippen molar-refractivity contribution in [2.24, 2.45) is 5.92 Å². The number of alkyl halides is 1. The minimum Gasteiger partial charge on any atom is -0.396 e. The van der Waals surface area contributed by atoms with Crippen LogP contribution in [-0.4, -0.2) is 33.5 Å². The largest absolute Gasteiger partial charge is 0.396 e. The van der Waals surface area contributed by atoms with Gasteiger partial charge in [-0.25, -0.2) is 0 Å². The van der Waals surface area contributed by atoms with Crippen molar-refractivity contribution in [3.63, 3.8) is 0 Å². The molecule has 1 aliphatic carbocycles. The molecule has 0 aromatic carbocycles. The van der Waals surface area contributed by atoms with Crippen LogP contribution in [0.15, 0.2) is 0 Å². The Bertz CT molecular complexity index is 148. The molecule has 0 aliphatic heterocycles. The average molecular weight is 209 g/mol. The highest BCUT2D eigenvalue weighted by Gasteiger charge is 2.39. The van der Waals surface area contributed by atoms with E-state index in [9.17, 15) is 4.79 Å². The quantitative estimate of drug-likeness (QED) is 0.582. The predicted octanol–water partition coefficient (Wildman–Crippen LogP) is -0.308. The molecule has 0 radical (unpaired) electrons. The molecule has 10 heavy (non-hydrogen) atoms. The molecule has 0 bridgehead atoms. The Morgan fingerprint density at radius 2 is 2.30 bits per heavy atom. The molecule has 0 saturated heterocycles. The summed E-state index contributed by atoms with van der Waals surface area (Å²) in [6.07, 6.45) is -0.244. The van der Waals surface area contributed by atoms with E-state index in [4.69, 9.17) is 10.2 Å². The van der Waals surface area contributed by atoms with Gasteiger partial charge in [0.15, 0.2) is 5.78 Å². The van der Waals surface area contributed by atoms with Crippen molar-refractivity contribution >= 4 is 21.7 Å². The molecule has 0 aromatic rings. The van der Waals surface area contributed by atoms with Gasteiger partial charge in [0.05, 0.1) is 23.5 Å². The molecule has 3 atom stereocenters. The van der Waals surface area contributed by atoms with Crippen LogP contribution in [0.2, 0.25) is 0 Å². The molecule has 0 aromatic heterocycles. The first-order chi connectivity index (χ1) is 4.66. The number of aliphatic hydroxyl groups excluding tert-OH is 2. The maximum Gasteiger partial charge on any atom is 0.154 e. The fourth-order valence-electron chi connectivity index (χ4n) is 1.13. The molecule has 58 valence electrons. The first kappa shape index (κ1) is 8.17. The van der Waals surface area contributed by atoms with Gasteiger partial charge in [-0.2, -0.15) is 0 Å². The molecule has 1 fully saturated rings. The van der Waals surface area contributed by atoms with Crippen LogP contribution in [0.25, 0.3) is 0 Å². The Labute approximate surface area is 67.2 Å². The number of halogens is 1. The van der Waals surface area contributed by atoms with Crippen LogP contribution in [0, 0.1) is 5.92 Å². The van der Waals surface area contributed by atoms with Gasteiger partial charge in [0.25, 0.3) is 0 Å². The zero-order valence-corrected chi connectivity index (χ0v) is 6.91. The van der Waals surface area contributed by atoms with Crippen LogP contribution in [-0.2, 0) is 4.79 Å². The van der Waals surface area contributed by atoms with Crippen molar-refractivity contribution in [2.45, 2.75) is 17.4 Å². The zero-order chi connectivity index (χ0) is 7.72. The number of rotatable bonds is 1. The van der Waals surface area contributed by atoms with Gasteiger partial charge in [-0.15, -0.1) is 0 Å². The molecule has 1 rings (SSSR count).